The highest BCUT2D eigenvalue weighted by Gasteiger charge is 2.19. The van der Waals surface area contributed by atoms with Crippen molar-refractivity contribution >= 4 is 44.5 Å². The van der Waals surface area contributed by atoms with Crippen molar-refractivity contribution in [3.05, 3.63) is 54.1 Å². The number of carbonyl (C=O) groups excluding carboxylic acids is 1. The molecule has 5 aromatic rings. The zero-order valence-corrected chi connectivity index (χ0v) is 25.6. The maximum Gasteiger partial charge on any atom is 0.412 e. The molecule has 14 heteroatoms. The van der Waals surface area contributed by atoms with Gasteiger partial charge in [-0.2, -0.15) is 4.98 Å². The number of ether oxygens (including phenoxy) is 4. The van der Waals surface area contributed by atoms with Crippen molar-refractivity contribution in [2.75, 3.05) is 25.6 Å². The monoisotopic (exact) mass is 622 g/mol. The fourth-order valence-corrected chi connectivity index (χ4v) is 5.01. The third-order valence-corrected chi connectivity index (χ3v) is 7.22. The summed E-state index contributed by atoms with van der Waals surface area (Å²) < 4.78 is 36.6. The van der Waals surface area contributed by atoms with Gasteiger partial charge in [-0.3, -0.25) is 5.32 Å². The van der Waals surface area contributed by atoms with Gasteiger partial charge in [-0.25, -0.2) is 29.1 Å². The zero-order chi connectivity index (χ0) is 31.4. The van der Waals surface area contributed by atoms with Gasteiger partial charge in [0.15, 0.2) is 5.82 Å². The first kappa shape index (κ1) is 30.8. The van der Waals surface area contributed by atoms with Crippen molar-refractivity contribution < 1.29 is 33.2 Å². The maximum atomic E-state index is 14.9. The Kier molecular flexibility index (Phi) is 9.01. The van der Waals surface area contributed by atoms with Crippen LogP contribution in [0.4, 0.5) is 14.9 Å². The third kappa shape index (κ3) is 7.63. The van der Waals surface area contributed by atoms with Crippen LogP contribution in [0.2, 0.25) is 0 Å². The van der Waals surface area contributed by atoms with Crippen LogP contribution < -0.4 is 19.5 Å². The number of benzene rings is 1. The van der Waals surface area contributed by atoms with Gasteiger partial charge in [0.25, 0.3) is 5.88 Å². The average molecular weight is 623 g/mol. The number of nitrogens with one attached hydrogen (secondary N) is 1. The summed E-state index contributed by atoms with van der Waals surface area (Å²) in [4.78, 5) is 34.9. The molecular formula is C30H31FN6O6S. The van der Waals surface area contributed by atoms with Crippen LogP contribution in [-0.4, -0.2) is 68.1 Å². The van der Waals surface area contributed by atoms with Gasteiger partial charge in [-0.15, -0.1) is 0 Å². The molecule has 0 fully saturated rings. The second-order valence-corrected chi connectivity index (χ2v) is 11.6. The van der Waals surface area contributed by atoms with Crippen molar-refractivity contribution in [1.82, 2.24) is 24.9 Å². The van der Waals surface area contributed by atoms with Gasteiger partial charge in [-0.1, -0.05) is 11.3 Å². The number of amides is 1. The van der Waals surface area contributed by atoms with Crippen LogP contribution in [0.5, 0.6) is 17.6 Å². The molecule has 0 aliphatic rings. The van der Waals surface area contributed by atoms with E-state index < -0.39 is 23.6 Å². The first-order valence-electron chi connectivity index (χ1n) is 13.7. The highest BCUT2D eigenvalue weighted by molar-refractivity contribution is 7.21. The molecule has 1 aromatic carbocycles. The second-order valence-electron chi connectivity index (χ2n) is 10.7. The highest BCUT2D eigenvalue weighted by atomic mass is 32.1. The van der Waals surface area contributed by atoms with Crippen LogP contribution in [0.15, 0.2) is 42.7 Å². The normalized spacial score (nSPS) is 12.2. The number of pyridine rings is 2. The van der Waals surface area contributed by atoms with E-state index in [9.17, 15) is 14.3 Å². The Labute approximate surface area is 256 Å². The Morgan fingerprint density at radius 3 is 2.68 bits per heavy atom. The van der Waals surface area contributed by atoms with Gasteiger partial charge in [0.1, 0.15) is 28.1 Å². The number of aryl methyl sites for hydroxylation is 1. The summed E-state index contributed by atoms with van der Waals surface area (Å²) in [5, 5.41) is 13.0. The summed E-state index contributed by atoms with van der Waals surface area (Å²) in [7, 11) is 1.53. The van der Waals surface area contributed by atoms with E-state index in [0.717, 1.165) is 11.1 Å². The van der Waals surface area contributed by atoms with Gasteiger partial charge < -0.3 is 24.1 Å². The predicted octanol–water partition coefficient (Wildman–Crippen LogP) is 5.71. The number of hydrogen-bond acceptors (Lipinski definition) is 12. The number of carbonyl (C=O) groups is 1. The van der Waals surface area contributed by atoms with Gasteiger partial charge >= 0.3 is 6.09 Å². The molecule has 12 nitrogen and oxygen atoms in total. The molecule has 1 atom stereocenters. The van der Waals surface area contributed by atoms with Crippen molar-refractivity contribution in [3.63, 3.8) is 0 Å². The van der Waals surface area contributed by atoms with E-state index in [4.69, 9.17) is 18.9 Å². The number of halogens is 1. The lowest BCUT2D eigenvalue weighted by Gasteiger charge is -2.17. The van der Waals surface area contributed by atoms with Crippen LogP contribution in [-0.2, 0) is 4.74 Å². The molecule has 0 aliphatic heterocycles. The molecule has 0 spiro atoms. The number of aliphatic hydroxyl groups is 1. The van der Waals surface area contributed by atoms with E-state index in [1.807, 2.05) is 19.1 Å². The number of rotatable bonds is 11. The predicted molar refractivity (Wildman–Crippen MR) is 163 cm³/mol. The summed E-state index contributed by atoms with van der Waals surface area (Å²) in [6.07, 6.45) is 1.95. The first-order valence-corrected chi connectivity index (χ1v) is 14.5. The maximum absolute atomic E-state index is 14.9. The number of hydrogen-bond donors (Lipinski definition) is 2. The molecular weight excluding hydrogens is 591 g/mol. The fourth-order valence-electron chi connectivity index (χ4n) is 4.08. The molecule has 4 aromatic heterocycles. The Balaban J connectivity index is 1.22. The summed E-state index contributed by atoms with van der Waals surface area (Å²) in [6, 6.07) is 8.21. The van der Waals surface area contributed by atoms with Crippen LogP contribution in [0.25, 0.3) is 32.0 Å². The van der Waals surface area contributed by atoms with E-state index in [-0.39, 0.29) is 25.0 Å². The lowest BCUT2D eigenvalue weighted by Crippen LogP contribution is -2.25. The van der Waals surface area contributed by atoms with Gasteiger partial charge in [0.2, 0.25) is 11.8 Å². The standard InChI is InChI=1S/C30H31FN6O6S/c1-16-10-19(25-21(11-16)35-24(40-5)14-33-25)27-36-22-13-20(31)26(37-28(22)44-27)42-15-17(2)43-29(38)34-18-6-8-32-23(12-18)41-9-7-30(3,4)39/h6,8,10-14,17,39H,7,9,15H2,1-5H3,(H,32,34,38)/t17-/m1/s1. The Bertz CT molecular complexity index is 1810. The molecule has 0 aliphatic carbocycles. The number of nitrogens with zero attached hydrogens (tertiary/aromatic N) is 5. The van der Waals surface area contributed by atoms with Crippen LogP contribution in [0.1, 0.15) is 32.8 Å². The SMILES string of the molecule is COc1cnc2c(-c3nc4cc(F)c(OC[C@@H](C)OC(=O)Nc5ccnc(OCCC(C)(C)O)c5)nc4s3)cc(C)cc2n1. The Morgan fingerprint density at radius 1 is 1.09 bits per heavy atom. The highest BCUT2D eigenvalue weighted by Crippen LogP contribution is 2.35. The molecule has 1 amide bonds. The Morgan fingerprint density at radius 2 is 1.91 bits per heavy atom. The number of aromatic nitrogens is 5. The second kappa shape index (κ2) is 12.9. The molecule has 2 N–H and O–H groups in total. The van der Waals surface area contributed by atoms with E-state index in [1.54, 1.807) is 26.8 Å². The largest absolute Gasteiger partial charge is 0.480 e. The summed E-state index contributed by atoms with van der Waals surface area (Å²) in [6.45, 7) is 7.03. The van der Waals surface area contributed by atoms with Gasteiger partial charge in [0, 0.05) is 30.3 Å². The number of thiazole rings is 1. The molecule has 5 rings (SSSR count). The quantitative estimate of drug-likeness (QED) is 0.186. The van der Waals surface area contributed by atoms with Crippen molar-refractivity contribution in [1.29, 1.82) is 0 Å². The minimum Gasteiger partial charge on any atom is -0.480 e. The van der Waals surface area contributed by atoms with E-state index >= 15 is 0 Å². The van der Waals surface area contributed by atoms with E-state index in [1.165, 1.54) is 43.0 Å². The lowest BCUT2D eigenvalue weighted by atomic mass is 10.1. The molecule has 0 unspecified atom stereocenters. The molecule has 4 heterocycles. The summed E-state index contributed by atoms with van der Waals surface area (Å²) in [5.74, 6) is -0.242. The van der Waals surface area contributed by atoms with E-state index in [0.29, 0.717) is 44.4 Å². The number of methoxy groups -OCH3 is 1. The zero-order valence-electron chi connectivity index (χ0n) is 24.8. The molecule has 44 heavy (non-hydrogen) atoms. The van der Waals surface area contributed by atoms with E-state index in [2.05, 4.69) is 30.2 Å². The van der Waals surface area contributed by atoms with Crippen LogP contribution in [0, 0.1) is 12.7 Å². The number of anilines is 1. The lowest BCUT2D eigenvalue weighted by molar-refractivity contribution is 0.0547. The first-order chi connectivity index (χ1) is 21.0. The molecule has 0 saturated carbocycles. The van der Waals surface area contributed by atoms with Crippen molar-refractivity contribution in [3.8, 4) is 28.2 Å². The number of fused-ring (bicyclic) bond motifs is 2. The van der Waals surface area contributed by atoms with Gasteiger partial charge in [-0.05, 0) is 51.5 Å². The van der Waals surface area contributed by atoms with Gasteiger partial charge in [0.05, 0.1) is 42.2 Å². The van der Waals surface area contributed by atoms with Crippen LogP contribution in [0.3, 0.4) is 0 Å². The summed E-state index contributed by atoms with van der Waals surface area (Å²) in [5.41, 5.74) is 2.90. The van der Waals surface area contributed by atoms with Crippen molar-refractivity contribution in [2.45, 2.75) is 45.8 Å². The van der Waals surface area contributed by atoms with Crippen LogP contribution >= 0.6 is 11.3 Å². The fraction of sp³-hybridized carbons (Fsp3) is 0.333. The minimum absolute atomic E-state index is 0.143. The molecule has 0 radical (unpaired) electrons. The smallest absolute Gasteiger partial charge is 0.412 e. The summed E-state index contributed by atoms with van der Waals surface area (Å²) >= 11 is 1.27. The Hall–Kier alpha value is -4.69. The molecule has 0 bridgehead atoms. The minimum atomic E-state index is -0.868. The third-order valence-electron chi connectivity index (χ3n) is 6.22. The average Bonchev–Trinajstić information content (AvgIpc) is 3.37. The molecule has 0 saturated heterocycles. The topological polar surface area (TPSA) is 151 Å². The molecule has 230 valence electrons. The van der Waals surface area contributed by atoms with Crippen molar-refractivity contribution in [2.24, 2.45) is 0 Å².